The van der Waals surface area contributed by atoms with Crippen molar-refractivity contribution in [3.8, 4) is 0 Å². The molecule has 0 radical (unpaired) electrons. The van der Waals surface area contributed by atoms with Gasteiger partial charge < -0.3 is 15.6 Å². The maximum absolute atomic E-state index is 4.44. The molecule has 1 saturated heterocycles. The van der Waals surface area contributed by atoms with Crippen molar-refractivity contribution in [1.82, 2.24) is 15.3 Å². The molecule has 72 valence electrons. The van der Waals surface area contributed by atoms with Crippen LogP contribution in [0.5, 0.6) is 0 Å². The van der Waals surface area contributed by atoms with E-state index in [1.165, 1.54) is 0 Å². The fraction of sp³-hybridized carbons (Fsp3) is 0.300. The summed E-state index contributed by atoms with van der Waals surface area (Å²) in [6, 6.07) is 8.57. The van der Waals surface area contributed by atoms with E-state index in [0.717, 1.165) is 30.1 Å². The van der Waals surface area contributed by atoms with Crippen LogP contribution in [0.25, 0.3) is 11.0 Å². The molecule has 0 amide bonds. The molecule has 0 aliphatic carbocycles. The molecule has 0 saturated carbocycles. The van der Waals surface area contributed by atoms with Gasteiger partial charge in [-0.05, 0) is 12.1 Å². The van der Waals surface area contributed by atoms with Crippen molar-refractivity contribution in [3.63, 3.8) is 0 Å². The Hall–Kier alpha value is -1.55. The van der Waals surface area contributed by atoms with Crippen molar-refractivity contribution >= 4 is 17.0 Å². The number of hydrogen-bond donors (Lipinski definition) is 3. The zero-order valence-electron chi connectivity index (χ0n) is 7.75. The predicted molar refractivity (Wildman–Crippen MR) is 56.4 cm³/mol. The molecule has 0 atom stereocenters. The topological polar surface area (TPSA) is 52.7 Å². The Kier molecular flexibility index (Phi) is 1.67. The number of benzene rings is 1. The van der Waals surface area contributed by atoms with Crippen molar-refractivity contribution < 1.29 is 0 Å². The Labute approximate surface area is 81.7 Å². The second-order valence-electron chi connectivity index (χ2n) is 3.60. The lowest BCUT2D eigenvalue weighted by molar-refractivity contribution is 0.470. The Morgan fingerprint density at radius 2 is 2.14 bits per heavy atom. The van der Waals surface area contributed by atoms with Gasteiger partial charge in [-0.3, -0.25) is 0 Å². The fourth-order valence-electron chi connectivity index (χ4n) is 1.61. The van der Waals surface area contributed by atoms with Crippen molar-refractivity contribution in [2.45, 2.75) is 6.04 Å². The van der Waals surface area contributed by atoms with Crippen molar-refractivity contribution in [2.24, 2.45) is 0 Å². The molecule has 1 aromatic carbocycles. The number of aromatic nitrogens is 2. The van der Waals surface area contributed by atoms with Gasteiger partial charge in [-0.2, -0.15) is 0 Å². The Morgan fingerprint density at radius 1 is 1.29 bits per heavy atom. The van der Waals surface area contributed by atoms with Crippen LogP contribution in [0.15, 0.2) is 24.3 Å². The van der Waals surface area contributed by atoms with E-state index in [1.807, 2.05) is 24.3 Å². The number of imidazole rings is 1. The van der Waals surface area contributed by atoms with Crippen LogP contribution >= 0.6 is 0 Å². The third kappa shape index (κ3) is 1.24. The van der Waals surface area contributed by atoms with Gasteiger partial charge >= 0.3 is 0 Å². The fourth-order valence-corrected chi connectivity index (χ4v) is 1.61. The summed E-state index contributed by atoms with van der Waals surface area (Å²) in [7, 11) is 0. The molecule has 0 bridgehead atoms. The minimum Gasteiger partial charge on any atom is -0.351 e. The van der Waals surface area contributed by atoms with Crippen LogP contribution in [-0.4, -0.2) is 29.1 Å². The first kappa shape index (κ1) is 7.82. The predicted octanol–water partition coefficient (Wildman–Crippen LogP) is 0.947. The van der Waals surface area contributed by atoms with Gasteiger partial charge in [-0.1, -0.05) is 12.1 Å². The summed E-state index contributed by atoms with van der Waals surface area (Å²) in [6.45, 7) is 2.05. The van der Waals surface area contributed by atoms with Gasteiger partial charge in [-0.15, -0.1) is 0 Å². The number of H-pyrrole nitrogens is 1. The molecule has 4 nitrogen and oxygen atoms in total. The summed E-state index contributed by atoms with van der Waals surface area (Å²) in [5.74, 6) is 0.873. The second-order valence-corrected chi connectivity index (χ2v) is 3.60. The number of hydrogen-bond acceptors (Lipinski definition) is 3. The smallest absolute Gasteiger partial charge is 0.201 e. The summed E-state index contributed by atoms with van der Waals surface area (Å²) in [5.41, 5.74) is 2.10. The van der Waals surface area contributed by atoms with E-state index < -0.39 is 0 Å². The van der Waals surface area contributed by atoms with Crippen molar-refractivity contribution in [2.75, 3.05) is 18.4 Å². The molecule has 0 unspecified atom stereocenters. The van der Waals surface area contributed by atoms with Crippen LogP contribution in [-0.2, 0) is 0 Å². The summed E-state index contributed by atoms with van der Waals surface area (Å²) in [5, 5.41) is 6.55. The maximum atomic E-state index is 4.44. The highest BCUT2D eigenvalue weighted by Crippen LogP contribution is 2.14. The molecular weight excluding hydrogens is 176 g/mol. The van der Waals surface area contributed by atoms with E-state index in [2.05, 4.69) is 20.6 Å². The molecular formula is C10H12N4. The summed E-state index contributed by atoms with van der Waals surface area (Å²) in [4.78, 5) is 7.68. The van der Waals surface area contributed by atoms with Gasteiger partial charge in [0.15, 0.2) is 0 Å². The zero-order chi connectivity index (χ0) is 9.38. The van der Waals surface area contributed by atoms with Gasteiger partial charge in [0.2, 0.25) is 5.95 Å². The summed E-state index contributed by atoms with van der Waals surface area (Å²) in [6.07, 6.45) is 0. The zero-order valence-corrected chi connectivity index (χ0v) is 7.75. The van der Waals surface area contributed by atoms with E-state index in [0.29, 0.717) is 6.04 Å². The maximum Gasteiger partial charge on any atom is 0.201 e. The number of para-hydroxylation sites is 2. The minimum atomic E-state index is 0.524. The molecule has 1 aromatic heterocycles. The average Bonchev–Trinajstić information content (AvgIpc) is 2.53. The highest BCUT2D eigenvalue weighted by Gasteiger charge is 2.17. The molecule has 14 heavy (non-hydrogen) atoms. The molecule has 1 fully saturated rings. The number of nitrogens with zero attached hydrogens (tertiary/aromatic N) is 1. The monoisotopic (exact) mass is 188 g/mol. The molecule has 2 heterocycles. The third-order valence-electron chi connectivity index (χ3n) is 2.51. The number of aromatic amines is 1. The number of anilines is 1. The quantitative estimate of drug-likeness (QED) is 0.657. The molecule has 3 rings (SSSR count). The van der Waals surface area contributed by atoms with Crippen LogP contribution in [0.2, 0.25) is 0 Å². The average molecular weight is 188 g/mol. The van der Waals surface area contributed by atoms with E-state index in [-0.39, 0.29) is 0 Å². The molecule has 1 aliphatic rings. The molecule has 0 spiro atoms. The van der Waals surface area contributed by atoms with Crippen LogP contribution < -0.4 is 10.6 Å². The van der Waals surface area contributed by atoms with E-state index in [9.17, 15) is 0 Å². The van der Waals surface area contributed by atoms with Crippen molar-refractivity contribution in [1.29, 1.82) is 0 Å². The first-order chi connectivity index (χ1) is 6.92. The molecule has 3 N–H and O–H groups in total. The standard InChI is InChI=1S/C10H12N4/c1-2-4-9-8(3-1)13-10(14-9)12-7-5-11-6-7/h1-4,7,11H,5-6H2,(H2,12,13,14). The highest BCUT2D eigenvalue weighted by atomic mass is 15.2. The normalized spacial score (nSPS) is 16.9. The second kappa shape index (κ2) is 2.99. The SMILES string of the molecule is c1ccc2[nH]c(NC3CNC3)nc2c1. The Bertz CT molecular complexity index is 411. The van der Waals surface area contributed by atoms with Crippen LogP contribution in [0.3, 0.4) is 0 Å². The van der Waals surface area contributed by atoms with Crippen LogP contribution in [0.4, 0.5) is 5.95 Å². The lowest BCUT2D eigenvalue weighted by Crippen LogP contribution is -2.51. The third-order valence-corrected chi connectivity index (χ3v) is 2.51. The Balaban J connectivity index is 1.89. The van der Waals surface area contributed by atoms with Crippen molar-refractivity contribution in [3.05, 3.63) is 24.3 Å². The van der Waals surface area contributed by atoms with Crippen LogP contribution in [0, 0.1) is 0 Å². The van der Waals surface area contributed by atoms with E-state index in [4.69, 9.17) is 0 Å². The van der Waals surface area contributed by atoms with Gasteiger partial charge in [0.05, 0.1) is 17.1 Å². The van der Waals surface area contributed by atoms with Gasteiger partial charge in [0, 0.05) is 13.1 Å². The number of nitrogens with one attached hydrogen (secondary N) is 3. The lowest BCUT2D eigenvalue weighted by atomic mass is 10.2. The number of fused-ring (bicyclic) bond motifs is 1. The first-order valence-corrected chi connectivity index (χ1v) is 4.84. The summed E-state index contributed by atoms with van der Waals surface area (Å²) < 4.78 is 0. The largest absolute Gasteiger partial charge is 0.351 e. The summed E-state index contributed by atoms with van der Waals surface area (Å²) >= 11 is 0. The highest BCUT2D eigenvalue weighted by molar-refractivity contribution is 5.77. The molecule has 2 aromatic rings. The number of rotatable bonds is 2. The van der Waals surface area contributed by atoms with Gasteiger partial charge in [0.25, 0.3) is 0 Å². The van der Waals surface area contributed by atoms with Gasteiger partial charge in [0.1, 0.15) is 0 Å². The van der Waals surface area contributed by atoms with E-state index in [1.54, 1.807) is 0 Å². The van der Waals surface area contributed by atoms with E-state index >= 15 is 0 Å². The van der Waals surface area contributed by atoms with Crippen LogP contribution in [0.1, 0.15) is 0 Å². The minimum absolute atomic E-state index is 0.524. The first-order valence-electron chi connectivity index (χ1n) is 4.84. The Morgan fingerprint density at radius 3 is 2.86 bits per heavy atom. The molecule has 1 aliphatic heterocycles. The lowest BCUT2D eigenvalue weighted by Gasteiger charge is -2.27. The van der Waals surface area contributed by atoms with Gasteiger partial charge in [-0.25, -0.2) is 4.98 Å². The molecule has 4 heteroatoms.